The molecule has 2 rings (SSSR count). The third-order valence-electron chi connectivity index (χ3n) is 2.93. The van der Waals surface area contributed by atoms with Crippen molar-refractivity contribution in [1.82, 2.24) is 9.97 Å². The van der Waals surface area contributed by atoms with Crippen LogP contribution in [0.3, 0.4) is 0 Å². The number of halogens is 1. The van der Waals surface area contributed by atoms with Crippen molar-refractivity contribution >= 4 is 15.9 Å². The van der Waals surface area contributed by atoms with Crippen molar-refractivity contribution < 1.29 is 5.11 Å². The van der Waals surface area contributed by atoms with Crippen LogP contribution in [-0.2, 0) is 5.54 Å². The Hall–Kier alpha value is -0.520. The van der Waals surface area contributed by atoms with Gasteiger partial charge >= 0.3 is 0 Å². The Kier molecular flexibility index (Phi) is 2.56. The van der Waals surface area contributed by atoms with Gasteiger partial charge in [-0.15, -0.1) is 0 Å². The normalized spacial score (nSPS) is 34.9. The number of aliphatic hydroxyl groups is 1. The molecular weight excluding hydrogens is 258 g/mol. The highest BCUT2D eigenvalue weighted by Gasteiger charge is 2.51. The van der Waals surface area contributed by atoms with E-state index in [2.05, 4.69) is 25.9 Å². The molecule has 15 heavy (non-hydrogen) atoms. The first kappa shape index (κ1) is 11.0. The van der Waals surface area contributed by atoms with Gasteiger partial charge in [0.05, 0.1) is 10.0 Å². The number of nitrogens with two attached hydrogens (primary N) is 1. The van der Waals surface area contributed by atoms with Crippen molar-refractivity contribution in [3.8, 4) is 0 Å². The van der Waals surface area contributed by atoms with Crippen LogP contribution in [0.5, 0.6) is 0 Å². The van der Waals surface area contributed by atoms with Crippen molar-refractivity contribution in [2.45, 2.75) is 25.3 Å². The molecule has 0 unspecified atom stereocenters. The lowest BCUT2D eigenvalue weighted by molar-refractivity contribution is -0.0148. The Labute approximate surface area is 97.1 Å². The van der Waals surface area contributed by atoms with Gasteiger partial charge in [0.2, 0.25) is 0 Å². The number of hydrogen-bond donors (Lipinski definition) is 2. The first-order chi connectivity index (χ1) is 6.97. The minimum Gasteiger partial charge on any atom is -0.396 e. The summed E-state index contributed by atoms with van der Waals surface area (Å²) in [5.74, 6) is 0.664. The van der Waals surface area contributed by atoms with E-state index in [9.17, 15) is 0 Å². The summed E-state index contributed by atoms with van der Waals surface area (Å²) in [5, 5.41) is 9.16. The molecule has 0 bridgehead atoms. The van der Waals surface area contributed by atoms with Crippen LogP contribution in [0.2, 0.25) is 0 Å². The SMILES string of the molecule is C[C@]1(CO)C[C@](N)(c2ncc(Br)cn2)C1. The molecule has 0 radical (unpaired) electrons. The maximum Gasteiger partial charge on any atom is 0.148 e. The standard InChI is InChI=1S/C10H14BrN3O/c1-9(6-15)4-10(12,5-9)8-13-2-7(11)3-14-8/h2-3,15H,4-6,12H2,1H3/t9-,10+. The van der Waals surface area contributed by atoms with E-state index in [1.54, 1.807) is 12.4 Å². The Morgan fingerprint density at radius 1 is 1.47 bits per heavy atom. The van der Waals surface area contributed by atoms with E-state index in [0.29, 0.717) is 5.82 Å². The smallest absolute Gasteiger partial charge is 0.148 e. The van der Waals surface area contributed by atoms with Crippen LogP contribution in [0.15, 0.2) is 16.9 Å². The summed E-state index contributed by atoms with van der Waals surface area (Å²) in [4.78, 5) is 8.41. The molecule has 82 valence electrons. The van der Waals surface area contributed by atoms with E-state index in [1.165, 1.54) is 0 Å². The molecule has 0 atom stereocenters. The molecule has 1 aliphatic rings. The molecule has 1 saturated carbocycles. The zero-order valence-electron chi connectivity index (χ0n) is 8.57. The summed E-state index contributed by atoms with van der Waals surface area (Å²) in [6.07, 6.45) is 4.87. The van der Waals surface area contributed by atoms with Gasteiger partial charge in [-0.25, -0.2) is 9.97 Å². The third kappa shape index (κ3) is 1.91. The summed E-state index contributed by atoms with van der Waals surface area (Å²) in [5.41, 5.74) is 5.65. The van der Waals surface area contributed by atoms with Gasteiger partial charge in [0.15, 0.2) is 0 Å². The number of nitrogens with zero attached hydrogens (tertiary/aromatic N) is 2. The maximum atomic E-state index is 9.16. The van der Waals surface area contributed by atoms with Gasteiger partial charge in [0, 0.05) is 19.0 Å². The van der Waals surface area contributed by atoms with E-state index in [0.717, 1.165) is 17.3 Å². The minimum atomic E-state index is -0.460. The lowest BCUT2D eigenvalue weighted by atomic mass is 9.58. The Morgan fingerprint density at radius 3 is 2.47 bits per heavy atom. The highest BCUT2D eigenvalue weighted by molar-refractivity contribution is 9.10. The first-order valence-electron chi connectivity index (χ1n) is 4.85. The van der Waals surface area contributed by atoms with Crippen molar-refractivity contribution in [3.63, 3.8) is 0 Å². The fourth-order valence-corrected chi connectivity index (χ4v) is 2.52. The summed E-state index contributed by atoms with van der Waals surface area (Å²) < 4.78 is 0.846. The zero-order chi connectivity index (χ0) is 11.1. The van der Waals surface area contributed by atoms with Crippen molar-refractivity contribution in [3.05, 3.63) is 22.7 Å². The van der Waals surface area contributed by atoms with Gasteiger partial charge in [-0.3, -0.25) is 0 Å². The average molecular weight is 272 g/mol. The second-order valence-electron chi connectivity index (χ2n) is 4.70. The van der Waals surface area contributed by atoms with E-state index >= 15 is 0 Å². The lowest BCUT2D eigenvalue weighted by Gasteiger charge is -2.50. The highest BCUT2D eigenvalue weighted by Crippen LogP contribution is 2.50. The summed E-state index contributed by atoms with van der Waals surface area (Å²) in [6.45, 7) is 2.19. The molecule has 0 aliphatic heterocycles. The number of aliphatic hydroxyl groups excluding tert-OH is 1. The van der Waals surface area contributed by atoms with Gasteiger partial charge in [0.25, 0.3) is 0 Å². The molecule has 0 spiro atoms. The number of hydrogen-bond acceptors (Lipinski definition) is 4. The second-order valence-corrected chi connectivity index (χ2v) is 5.62. The molecule has 1 fully saturated rings. The quantitative estimate of drug-likeness (QED) is 0.848. The zero-order valence-corrected chi connectivity index (χ0v) is 10.2. The predicted octanol–water partition coefficient (Wildman–Crippen LogP) is 1.19. The molecule has 1 aromatic heterocycles. The third-order valence-corrected chi connectivity index (χ3v) is 3.34. The van der Waals surface area contributed by atoms with Gasteiger partial charge < -0.3 is 10.8 Å². The summed E-state index contributed by atoms with van der Waals surface area (Å²) in [6, 6.07) is 0. The van der Waals surface area contributed by atoms with Crippen LogP contribution >= 0.6 is 15.9 Å². The Morgan fingerprint density at radius 2 is 2.00 bits per heavy atom. The van der Waals surface area contributed by atoms with E-state index in [-0.39, 0.29) is 12.0 Å². The topological polar surface area (TPSA) is 72.0 Å². The van der Waals surface area contributed by atoms with Gasteiger partial charge in [-0.05, 0) is 34.2 Å². The number of aromatic nitrogens is 2. The molecule has 0 saturated heterocycles. The van der Waals surface area contributed by atoms with Gasteiger partial charge in [-0.2, -0.15) is 0 Å². The van der Waals surface area contributed by atoms with Gasteiger partial charge in [-0.1, -0.05) is 6.92 Å². The van der Waals surface area contributed by atoms with Crippen molar-refractivity contribution in [1.29, 1.82) is 0 Å². The minimum absolute atomic E-state index is 0.0643. The van der Waals surface area contributed by atoms with Crippen LogP contribution < -0.4 is 5.73 Å². The molecule has 1 aromatic rings. The summed E-state index contributed by atoms with van der Waals surface area (Å²) in [7, 11) is 0. The van der Waals surface area contributed by atoms with Crippen LogP contribution in [0.25, 0.3) is 0 Å². The van der Waals surface area contributed by atoms with Crippen LogP contribution in [0.1, 0.15) is 25.6 Å². The Balaban J connectivity index is 2.16. The van der Waals surface area contributed by atoms with Crippen LogP contribution in [-0.4, -0.2) is 21.7 Å². The van der Waals surface area contributed by atoms with Crippen molar-refractivity contribution in [2.24, 2.45) is 11.1 Å². The molecule has 4 nitrogen and oxygen atoms in total. The largest absolute Gasteiger partial charge is 0.396 e. The monoisotopic (exact) mass is 271 g/mol. The van der Waals surface area contributed by atoms with Crippen molar-refractivity contribution in [2.75, 3.05) is 6.61 Å². The van der Waals surface area contributed by atoms with Crippen LogP contribution in [0.4, 0.5) is 0 Å². The maximum absolute atomic E-state index is 9.16. The molecule has 5 heteroatoms. The highest BCUT2D eigenvalue weighted by atomic mass is 79.9. The lowest BCUT2D eigenvalue weighted by Crippen LogP contribution is -2.56. The first-order valence-corrected chi connectivity index (χ1v) is 5.65. The number of rotatable bonds is 2. The summed E-state index contributed by atoms with van der Waals surface area (Å²) >= 11 is 3.28. The second kappa shape index (κ2) is 3.50. The van der Waals surface area contributed by atoms with Crippen LogP contribution in [0, 0.1) is 5.41 Å². The molecule has 0 aromatic carbocycles. The van der Waals surface area contributed by atoms with Gasteiger partial charge in [0.1, 0.15) is 5.82 Å². The van der Waals surface area contributed by atoms with E-state index in [1.807, 2.05) is 6.92 Å². The molecule has 1 heterocycles. The molecule has 3 N–H and O–H groups in total. The predicted molar refractivity (Wildman–Crippen MR) is 60.0 cm³/mol. The molecular formula is C10H14BrN3O. The van der Waals surface area contributed by atoms with E-state index in [4.69, 9.17) is 10.8 Å². The average Bonchev–Trinajstić information content (AvgIpc) is 2.16. The fourth-order valence-electron chi connectivity index (χ4n) is 2.31. The molecule has 0 amide bonds. The molecule has 1 aliphatic carbocycles. The Bertz CT molecular complexity index is 359. The fraction of sp³-hybridized carbons (Fsp3) is 0.600. The van der Waals surface area contributed by atoms with E-state index < -0.39 is 5.54 Å².